The van der Waals surface area contributed by atoms with E-state index in [2.05, 4.69) is 4.99 Å². The Labute approximate surface area is 169 Å². The summed E-state index contributed by atoms with van der Waals surface area (Å²) >= 11 is 0. The topological polar surface area (TPSA) is 202 Å². The van der Waals surface area contributed by atoms with Crippen molar-refractivity contribution in [2.75, 3.05) is 0 Å². The molecule has 0 aliphatic heterocycles. The van der Waals surface area contributed by atoms with Gasteiger partial charge in [-0.2, -0.15) is 16.8 Å². The van der Waals surface area contributed by atoms with Gasteiger partial charge >= 0.3 is 0 Å². The van der Waals surface area contributed by atoms with Gasteiger partial charge < -0.3 is 20.4 Å². The van der Waals surface area contributed by atoms with E-state index < -0.39 is 53.0 Å². The average Bonchev–Trinajstić information content (AvgIpc) is 2.63. The lowest BCUT2D eigenvalue weighted by Gasteiger charge is -2.09. The summed E-state index contributed by atoms with van der Waals surface area (Å²) in [7, 11) is -9.51. The highest BCUT2D eigenvalue weighted by Crippen LogP contribution is 2.39. The molecule has 0 saturated carbocycles. The largest absolute Gasteiger partial charge is 0.507 e. The van der Waals surface area contributed by atoms with Crippen LogP contribution in [0.15, 0.2) is 51.2 Å². The van der Waals surface area contributed by atoms with Crippen molar-refractivity contribution < 1.29 is 46.4 Å². The van der Waals surface area contributed by atoms with Crippen LogP contribution in [0.25, 0.3) is 10.8 Å². The average molecular weight is 455 g/mol. The summed E-state index contributed by atoms with van der Waals surface area (Å²) in [5.74, 6) is -2.83. The SMILES string of the molecule is O=S(=O)(O)c1cc(O)c2c(N=Cc3ccc(O)c(O)c3O)cc(S(=O)(=O)O)cc2c1. The van der Waals surface area contributed by atoms with E-state index >= 15 is 0 Å². The number of aliphatic imine (C=N–C) groups is 1. The predicted molar refractivity (Wildman–Crippen MR) is 104 cm³/mol. The second-order valence-corrected chi connectivity index (χ2v) is 8.91. The smallest absolute Gasteiger partial charge is 0.294 e. The van der Waals surface area contributed by atoms with E-state index in [1.165, 1.54) is 6.07 Å². The molecule has 0 bridgehead atoms. The fraction of sp³-hybridized carbons (Fsp3) is 0. The van der Waals surface area contributed by atoms with E-state index in [-0.39, 0.29) is 22.0 Å². The maximum atomic E-state index is 11.6. The van der Waals surface area contributed by atoms with Crippen molar-refractivity contribution in [2.45, 2.75) is 9.79 Å². The third-order valence-corrected chi connectivity index (χ3v) is 5.72. The Morgan fingerprint density at radius 2 is 1.30 bits per heavy atom. The monoisotopic (exact) mass is 455 g/mol. The molecule has 3 rings (SSSR count). The molecular formula is C17H13NO10S2. The van der Waals surface area contributed by atoms with Crippen molar-refractivity contribution in [1.82, 2.24) is 0 Å². The van der Waals surface area contributed by atoms with Crippen molar-refractivity contribution >= 4 is 42.9 Å². The van der Waals surface area contributed by atoms with Crippen molar-refractivity contribution in [1.29, 1.82) is 0 Å². The third kappa shape index (κ3) is 3.99. The quantitative estimate of drug-likeness (QED) is 0.192. The van der Waals surface area contributed by atoms with Crippen molar-refractivity contribution in [3.05, 3.63) is 42.0 Å². The molecule has 0 heterocycles. The highest BCUT2D eigenvalue weighted by molar-refractivity contribution is 7.86. The molecule has 0 saturated heterocycles. The van der Waals surface area contributed by atoms with Gasteiger partial charge in [-0.25, -0.2) is 0 Å². The fourth-order valence-electron chi connectivity index (χ4n) is 2.64. The number of phenolic OH excluding ortho intramolecular Hbond substituents is 4. The molecule has 13 heteroatoms. The number of rotatable bonds is 4. The van der Waals surface area contributed by atoms with Crippen LogP contribution in [0.2, 0.25) is 0 Å². The van der Waals surface area contributed by atoms with Crippen molar-refractivity contribution in [3.8, 4) is 23.0 Å². The molecule has 3 aromatic rings. The molecule has 0 aromatic heterocycles. The molecule has 0 fully saturated rings. The molecule has 30 heavy (non-hydrogen) atoms. The van der Waals surface area contributed by atoms with E-state index in [0.29, 0.717) is 6.07 Å². The minimum absolute atomic E-state index is 0.0928. The summed E-state index contributed by atoms with van der Waals surface area (Å²) in [5, 5.41) is 38.7. The second-order valence-electron chi connectivity index (χ2n) is 6.06. The van der Waals surface area contributed by atoms with E-state index in [9.17, 15) is 46.4 Å². The van der Waals surface area contributed by atoms with Gasteiger partial charge in [-0.3, -0.25) is 14.1 Å². The second kappa shape index (κ2) is 7.14. The van der Waals surface area contributed by atoms with Gasteiger partial charge in [0.25, 0.3) is 20.2 Å². The summed E-state index contributed by atoms with van der Waals surface area (Å²) < 4.78 is 64.5. The molecule has 0 radical (unpaired) electrons. The zero-order chi connectivity index (χ0) is 22.4. The molecule has 0 unspecified atom stereocenters. The van der Waals surface area contributed by atoms with Crippen LogP contribution >= 0.6 is 0 Å². The lowest BCUT2D eigenvalue weighted by Crippen LogP contribution is -2.00. The van der Waals surface area contributed by atoms with Crippen LogP contribution in [0.3, 0.4) is 0 Å². The Hall–Kier alpha value is -3.39. The molecule has 3 aromatic carbocycles. The third-order valence-electron chi connectivity index (χ3n) is 4.05. The zero-order valence-corrected chi connectivity index (χ0v) is 16.3. The molecular weight excluding hydrogens is 442 g/mol. The lowest BCUT2D eigenvalue weighted by atomic mass is 10.1. The Bertz CT molecular complexity index is 1420. The van der Waals surface area contributed by atoms with Crippen molar-refractivity contribution in [2.24, 2.45) is 4.99 Å². The highest BCUT2D eigenvalue weighted by Gasteiger charge is 2.19. The molecule has 0 spiro atoms. The Morgan fingerprint density at radius 1 is 0.733 bits per heavy atom. The first kappa shape index (κ1) is 21.3. The molecule has 158 valence electrons. The standard InChI is InChI=1S/C17H13NO10S2/c19-13-2-1-8(16(21)17(13)22)7-18-12-5-10(29(23,24)25)3-9-4-11(30(26,27)28)6-14(20)15(9)12/h1-7,19-22H,(H,23,24,25)(H,26,27,28). The summed E-state index contributed by atoms with van der Waals surface area (Å²) in [5.41, 5.74) is -0.351. The van der Waals surface area contributed by atoms with E-state index in [4.69, 9.17) is 0 Å². The summed E-state index contributed by atoms with van der Waals surface area (Å²) in [4.78, 5) is 2.52. The lowest BCUT2D eigenvalue weighted by molar-refractivity contribution is 0.367. The number of nitrogens with zero attached hydrogens (tertiary/aromatic N) is 1. The first-order valence-corrected chi connectivity index (χ1v) is 10.7. The van der Waals surface area contributed by atoms with Crippen LogP contribution in [0.4, 0.5) is 5.69 Å². The van der Waals surface area contributed by atoms with Crippen LogP contribution in [-0.4, -0.2) is 52.6 Å². The summed E-state index contributed by atoms with van der Waals surface area (Å²) in [6, 6.07) is 5.55. The number of aromatic hydroxyl groups is 4. The van der Waals surface area contributed by atoms with E-state index in [1.54, 1.807) is 0 Å². The van der Waals surface area contributed by atoms with Gasteiger partial charge in [0.15, 0.2) is 11.5 Å². The van der Waals surface area contributed by atoms with Crippen LogP contribution in [-0.2, 0) is 20.2 Å². The number of phenols is 4. The van der Waals surface area contributed by atoms with Crippen molar-refractivity contribution in [3.63, 3.8) is 0 Å². The fourth-order valence-corrected chi connectivity index (χ4v) is 3.72. The predicted octanol–water partition coefficient (Wildman–Crippen LogP) is 1.91. The van der Waals surface area contributed by atoms with E-state index in [1.807, 2.05) is 0 Å². The number of fused-ring (bicyclic) bond motifs is 1. The van der Waals surface area contributed by atoms with Crippen LogP contribution in [0.1, 0.15) is 5.56 Å². The minimum atomic E-state index is -4.77. The first-order valence-electron chi connectivity index (χ1n) is 7.83. The number of benzene rings is 3. The minimum Gasteiger partial charge on any atom is -0.507 e. The Balaban J connectivity index is 2.31. The van der Waals surface area contributed by atoms with Gasteiger partial charge in [-0.1, -0.05) is 0 Å². The van der Waals surface area contributed by atoms with Gasteiger partial charge in [0.1, 0.15) is 5.75 Å². The summed E-state index contributed by atoms with van der Waals surface area (Å²) in [6.07, 6.45) is 0.965. The highest BCUT2D eigenvalue weighted by atomic mass is 32.2. The van der Waals surface area contributed by atoms with Crippen LogP contribution in [0.5, 0.6) is 23.0 Å². The van der Waals surface area contributed by atoms with Gasteiger partial charge in [0.05, 0.1) is 15.5 Å². The maximum absolute atomic E-state index is 11.6. The first-order chi connectivity index (χ1) is 13.8. The molecule has 0 aliphatic rings. The maximum Gasteiger partial charge on any atom is 0.294 e. The van der Waals surface area contributed by atoms with E-state index in [0.717, 1.165) is 30.5 Å². The molecule has 11 nitrogen and oxygen atoms in total. The summed E-state index contributed by atoms with van der Waals surface area (Å²) in [6.45, 7) is 0. The molecule has 0 atom stereocenters. The number of hydrogen-bond acceptors (Lipinski definition) is 9. The zero-order valence-electron chi connectivity index (χ0n) is 14.6. The molecule has 0 aliphatic carbocycles. The van der Waals surface area contributed by atoms with Crippen LogP contribution < -0.4 is 0 Å². The van der Waals surface area contributed by atoms with Gasteiger partial charge in [0.2, 0.25) is 5.75 Å². The van der Waals surface area contributed by atoms with Crippen LogP contribution in [0, 0.1) is 0 Å². The van der Waals surface area contributed by atoms with Gasteiger partial charge in [-0.05, 0) is 35.7 Å². The molecule has 0 amide bonds. The number of hydrogen-bond donors (Lipinski definition) is 6. The normalized spacial score (nSPS) is 12.6. The Kier molecular flexibility index (Phi) is 5.07. The molecule has 6 N–H and O–H groups in total. The van der Waals surface area contributed by atoms with Gasteiger partial charge in [-0.15, -0.1) is 0 Å². The van der Waals surface area contributed by atoms with Gasteiger partial charge in [0, 0.05) is 23.2 Å². The Morgan fingerprint density at radius 3 is 1.87 bits per heavy atom.